The molecule has 2 aromatic rings. The molecule has 4 nitrogen and oxygen atoms in total. The van der Waals surface area contributed by atoms with Crippen molar-refractivity contribution in [3.63, 3.8) is 0 Å². The van der Waals surface area contributed by atoms with Gasteiger partial charge >= 0.3 is 0 Å². The van der Waals surface area contributed by atoms with Crippen molar-refractivity contribution in [1.82, 2.24) is 4.98 Å². The molecule has 0 radical (unpaired) electrons. The SMILES string of the molecule is Cc1cncc(C(=O)Nc2ccccc2C#CCCO)c1. The molecule has 21 heavy (non-hydrogen) atoms. The largest absolute Gasteiger partial charge is 0.395 e. The van der Waals surface area contributed by atoms with Gasteiger partial charge in [-0.05, 0) is 30.7 Å². The lowest BCUT2D eigenvalue weighted by atomic mass is 10.1. The number of amides is 1. The molecule has 1 aromatic heterocycles. The summed E-state index contributed by atoms with van der Waals surface area (Å²) in [5.41, 5.74) is 2.81. The highest BCUT2D eigenvalue weighted by Gasteiger charge is 2.08. The van der Waals surface area contributed by atoms with Gasteiger partial charge in [-0.25, -0.2) is 0 Å². The summed E-state index contributed by atoms with van der Waals surface area (Å²) in [7, 11) is 0. The molecule has 4 heteroatoms. The molecule has 0 aliphatic carbocycles. The van der Waals surface area contributed by atoms with Gasteiger partial charge in [-0.2, -0.15) is 0 Å². The smallest absolute Gasteiger partial charge is 0.257 e. The quantitative estimate of drug-likeness (QED) is 0.849. The van der Waals surface area contributed by atoms with Crippen LogP contribution in [-0.4, -0.2) is 22.6 Å². The number of aliphatic hydroxyl groups is 1. The standard InChI is InChI=1S/C17H16N2O2/c1-13-10-15(12-18-11-13)17(21)19-16-8-3-2-6-14(16)7-4-5-9-20/h2-3,6,8,10-12,20H,5,9H2,1H3,(H,19,21). The molecule has 0 spiro atoms. The Morgan fingerprint density at radius 1 is 1.33 bits per heavy atom. The zero-order valence-electron chi connectivity index (χ0n) is 11.8. The van der Waals surface area contributed by atoms with Crippen molar-refractivity contribution in [3.8, 4) is 11.8 Å². The minimum atomic E-state index is -0.220. The Labute approximate surface area is 123 Å². The summed E-state index contributed by atoms with van der Waals surface area (Å²) in [5.74, 6) is 5.57. The first-order chi connectivity index (χ1) is 10.2. The maximum atomic E-state index is 12.2. The van der Waals surface area contributed by atoms with Crippen molar-refractivity contribution in [2.24, 2.45) is 0 Å². The van der Waals surface area contributed by atoms with Crippen molar-refractivity contribution in [3.05, 3.63) is 59.4 Å². The van der Waals surface area contributed by atoms with E-state index in [0.29, 0.717) is 17.7 Å². The Balaban J connectivity index is 2.20. The van der Waals surface area contributed by atoms with Crippen molar-refractivity contribution in [2.45, 2.75) is 13.3 Å². The van der Waals surface area contributed by atoms with Crippen LogP contribution in [-0.2, 0) is 0 Å². The third-order valence-corrected chi connectivity index (χ3v) is 2.77. The van der Waals surface area contributed by atoms with E-state index in [4.69, 9.17) is 5.11 Å². The fourth-order valence-electron chi connectivity index (χ4n) is 1.79. The molecule has 0 aliphatic rings. The summed E-state index contributed by atoms with van der Waals surface area (Å²) in [4.78, 5) is 16.2. The summed E-state index contributed by atoms with van der Waals surface area (Å²) in [6.45, 7) is 1.91. The van der Waals surface area contributed by atoms with Crippen LogP contribution < -0.4 is 5.32 Å². The van der Waals surface area contributed by atoms with E-state index in [1.807, 2.05) is 25.1 Å². The number of carbonyl (C=O) groups excluding carboxylic acids is 1. The summed E-state index contributed by atoms with van der Waals surface area (Å²) < 4.78 is 0. The number of pyridine rings is 1. The summed E-state index contributed by atoms with van der Waals surface area (Å²) in [6, 6.07) is 9.09. The average Bonchev–Trinajstić information content (AvgIpc) is 2.49. The molecule has 0 aliphatic heterocycles. The second-order valence-electron chi connectivity index (χ2n) is 4.53. The number of nitrogens with zero attached hydrogens (tertiary/aromatic N) is 1. The zero-order chi connectivity index (χ0) is 15.1. The lowest BCUT2D eigenvalue weighted by Gasteiger charge is -2.07. The van der Waals surface area contributed by atoms with Crippen LogP contribution in [0.5, 0.6) is 0 Å². The van der Waals surface area contributed by atoms with E-state index in [1.54, 1.807) is 18.3 Å². The molecule has 0 fully saturated rings. The number of para-hydroxylation sites is 1. The van der Waals surface area contributed by atoms with Crippen LogP contribution in [0.2, 0.25) is 0 Å². The van der Waals surface area contributed by atoms with Crippen LogP contribution in [0.15, 0.2) is 42.7 Å². The van der Waals surface area contributed by atoms with E-state index in [1.165, 1.54) is 6.20 Å². The van der Waals surface area contributed by atoms with Crippen LogP contribution >= 0.6 is 0 Å². The first kappa shape index (κ1) is 14.8. The number of aryl methyl sites for hydroxylation is 1. The Bertz CT molecular complexity index is 699. The van der Waals surface area contributed by atoms with Gasteiger partial charge in [-0.3, -0.25) is 9.78 Å². The summed E-state index contributed by atoms with van der Waals surface area (Å²) in [6.07, 6.45) is 3.64. The Morgan fingerprint density at radius 2 is 2.14 bits per heavy atom. The molecule has 0 saturated carbocycles. The number of anilines is 1. The van der Waals surface area contributed by atoms with Gasteiger partial charge in [-0.15, -0.1) is 0 Å². The summed E-state index contributed by atoms with van der Waals surface area (Å²) >= 11 is 0. The maximum Gasteiger partial charge on any atom is 0.257 e. The molecule has 0 saturated heterocycles. The third-order valence-electron chi connectivity index (χ3n) is 2.77. The van der Waals surface area contributed by atoms with Crippen LogP contribution in [0.4, 0.5) is 5.69 Å². The molecule has 0 unspecified atom stereocenters. The second-order valence-corrected chi connectivity index (χ2v) is 4.53. The van der Waals surface area contributed by atoms with Crippen LogP contribution in [0.1, 0.15) is 27.9 Å². The van der Waals surface area contributed by atoms with Gasteiger partial charge in [0, 0.05) is 24.4 Å². The van der Waals surface area contributed by atoms with E-state index in [2.05, 4.69) is 22.1 Å². The molecular weight excluding hydrogens is 264 g/mol. The third kappa shape index (κ3) is 4.16. The van der Waals surface area contributed by atoms with Gasteiger partial charge < -0.3 is 10.4 Å². The van der Waals surface area contributed by atoms with Gasteiger partial charge in [0.1, 0.15) is 0 Å². The van der Waals surface area contributed by atoms with E-state index < -0.39 is 0 Å². The maximum absolute atomic E-state index is 12.2. The van der Waals surface area contributed by atoms with Gasteiger partial charge in [0.25, 0.3) is 5.91 Å². The summed E-state index contributed by atoms with van der Waals surface area (Å²) in [5, 5.41) is 11.6. The number of aromatic nitrogens is 1. The van der Waals surface area contributed by atoms with E-state index in [0.717, 1.165) is 11.1 Å². The molecule has 2 rings (SSSR count). The van der Waals surface area contributed by atoms with Gasteiger partial charge in [0.2, 0.25) is 0 Å². The predicted molar refractivity (Wildman–Crippen MR) is 82.0 cm³/mol. The highest BCUT2D eigenvalue weighted by molar-refractivity contribution is 6.04. The van der Waals surface area contributed by atoms with E-state index in [9.17, 15) is 4.79 Å². The molecule has 1 aromatic carbocycles. The van der Waals surface area contributed by atoms with Crippen molar-refractivity contribution < 1.29 is 9.90 Å². The number of benzene rings is 1. The second kappa shape index (κ2) is 7.22. The molecule has 1 amide bonds. The minimum absolute atomic E-state index is 0.0243. The number of carbonyl (C=O) groups is 1. The molecular formula is C17H16N2O2. The number of hydrogen-bond acceptors (Lipinski definition) is 3. The topological polar surface area (TPSA) is 62.2 Å². The molecule has 106 valence electrons. The van der Waals surface area contributed by atoms with Gasteiger partial charge in [-0.1, -0.05) is 24.0 Å². The average molecular weight is 280 g/mol. The first-order valence-corrected chi connectivity index (χ1v) is 6.62. The number of hydrogen-bond donors (Lipinski definition) is 2. The molecule has 0 bridgehead atoms. The Hall–Kier alpha value is -2.64. The monoisotopic (exact) mass is 280 g/mol. The first-order valence-electron chi connectivity index (χ1n) is 6.62. The number of rotatable bonds is 3. The van der Waals surface area contributed by atoms with Crippen molar-refractivity contribution in [1.29, 1.82) is 0 Å². The number of aliphatic hydroxyl groups excluding tert-OH is 1. The number of nitrogens with one attached hydrogen (secondary N) is 1. The molecule has 2 N–H and O–H groups in total. The molecule has 0 atom stereocenters. The normalized spacial score (nSPS) is 9.62. The van der Waals surface area contributed by atoms with Crippen LogP contribution in [0.25, 0.3) is 0 Å². The van der Waals surface area contributed by atoms with Crippen molar-refractivity contribution >= 4 is 11.6 Å². The zero-order valence-corrected chi connectivity index (χ0v) is 11.8. The fraction of sp³-hybridized carbons (Fsp3) is 0.176. The van der Waals surface area contributed by atoms with Gasteiger partial charge in [0.05, 0.1) is 17.9 Å². The van der Waals surface area contributed by atoms with Crippen LogP contribution in [0, 0.1) is 18.8 Å². The molecule has 1 heterocycles. The lowest BCUT2D eigenvalue weighted by molar-refractivity contribution is 0.102. The lowest BCUT2D eigenvalue weighted by Crippen LogP contribution is -2.13. The highest BCUT2D eigenvalue weighted by atomic mass is 16.2. The highest BCUT2D eigenvalue weighted by Crippen LogP contribution is 2.15. The minimum Gasteiger partial charge on any atom is -0.395 e. The fourth-order valence-corrected chi connectivity index (χ4v) is 1.79. The Morgan fingerprint density at radius 3 is 2.90 bits per heavy atom. The Kier molecular flexibility index (Phi) is 5.08. The predicted octanol–water partition coefficient (Wildman–Crippen LogP) is 2.38. The van der Waals surface area contributed by atoms with Gasteiger partial charge in [0.15, 0.2) is 0 Å². The van der Waals surface area contributed by atoms with E-state index >= 15 is 0 Å². The van der Waals surface area contributed by atoms with Crippen LogP contribution in [0.3, 0.4) is 0 Å². The van der Waals surface area contributed by atoms with Crippen molar-refractivity contribution in [2.75, 3.05) is 11.9 Å². The van der Waals surface area contributed by atoms with E-state index in [-0.39, 0.29) is 12.5 Å².